The van der Waals surface area contributed by atoms with Gasteiger partial charge < -0.3 is 10.2 Å². The number of fused-ring (bicyclic) bond motifs is 5. The van der Waals surface area contributed by atoms with Crippen LogP contribution in [0.3, 0.4) is 0 Å². The normalized spacial score (nSPS) is 48.8. The molecule has 0 bridgehead atoms. The molecule has 3 saturated carbocycles. The number of carbonyl (C=O) groups is 1. The summed E-state index contributed by atoms with van der Waals surface area (Å²) in [5, 5.41) is 20.5. The molecule has 0 heterocycles. The molecule has 0 radical (unpaired) electrons. The summed E-state index contributed by atoms with van der Waals surface area (Å²) < 4.78 is 0. The molecule has 4 aliphatic carbocycles. The fourth-order valence-electron chi connectivity index (χ4n) is 8.94. The second-order valence-electron chi connectivity index (χ2n) is 11.3. The van der Waals surface area contributed by atoms with Gasteiger partial charge in [-0.25, -0.2) is 0 Å². The van der Waals surface area contributed by atoms with Crippen molar-refractivity contribution in [2.45, 2.75) is 91.9 Å². The molecule has 8 atom stereocenters. The van der Waals surface area contributed by atoms with Crippen molar-refractivity contribution in [3.63, 3.8) is 0 Å². The first kappa shape index (κ1) is 20.3. The van der Waals surface area contributed by atoms with Crippen LogP contribution < -0.4 is 0 Å². The van der Waals surface area contributed by atoms with Crippen molar-refractivity contribution in [1.82, 2.24) is 0 Å². The summed E-state index contributed by atoms with van der Waals surface area (Å²) in [5.41, 5.74) is -0.543. The highest BCUT2D eigenvalue weighted by atomic mass is 16.4. The van der Waals surface area contributed by atoms with E-state index in [0.29, 0.717) is 29.4 Å². The zero-order chi connectivity index (χ0) is 20.3. The Bertz CT molecular complexity index is 669. The molecule has 0 amide bonds. The summed E-state index contributed by atoms with van der Waals surface area (Å²) in [7, 11) is 0. The molecule has 3 fully saturated rings. The monoisotopic (exact) mass is 388 g/mol. The van der Waals surface area contributed by atoms with Gasteiger partial charge in [0, 0.05) is 6.42 Å². The predicted molar refractivity (Wildman–Crippen MR) is 112 cm³/mol. The Hall–Kier alpha value is -0.990. The SMILES string of the molecule is CCC[C@@H](C)[C@H]1CC[C@H]2[C@@H]3CCC4(C(=O)O)CC(O)=CC[C@]4(C)[C@H]3CC[C@]12C. The summed E-state index contributed by atoms with van der Waals surface area (Å²) >= 11 is 0. The lowest BCUT2D eigenvalue weighted by Gasteiger charge is -2.63. The second kappa shape index (κ2) is 6.77. The lowest BCUT2D eigenvalue weighted by atomic mass is 9.40. The van der Waals surface area contributed by atoms with Gasteiger partial charge >= 0.3 is 5.97 Å². The third-order valence-electron chi connectivity index (χ3n) is 10.4. The van der Waals surface area contributed by atoms with Crippen LogP contribution in [0.5, 0.6) is 0 Å². The molecule has 4 aliphatic rings. The van der Waals surface area contributed by atoms with E-state index in [2.05, 4.69) is 27.7 Å². The molecule has 28 heavy (non-hydrogen) atoms. The maximum Gasteiger partial charge on any atom is 0.310 e. The van der Waals surface area contributed by atoms with Crippen LogP contribution in [0.2, 0.25) is 0 Å². The Kier molecular flexibility index (Phi) is 4.91. The summed E-state index contributed by atoms with van der Waals surface area (Å²) in [5.74, 6) is 3.19. The van der Waals surface area contributed by atoms with Crippen LogP contribution in [-0.4, -0.2) is 16.2 Å². The Morgan fingerprint density at radius 3 is 2.61 bits per heavy atom. The number of carboxylic acid groups (broad SMARTS) is 1. The molecule has 3 nitrogen and oxygen atoms in total. The van der Waals surface area contributed by atoms with Gasteiger partial charge in [-0.2, -0.15) is 0 Å². The summed E-state index contributed by atoms with van der Waals surface area (Å²) in [6.07, 6.45) is 12.5. The largest absolute Gasteiger partial charge is 0.513 e. The topological polar surface area (TPSA) is 57.5 Å². The highest BCUT2D eigenvalue weighted by Crippen LogP contribution is 2.71. The minimum Gasteiger partial charge on any atom is -0.513 e. The average Bonchev–Trinajstić information content (AvgIpc) is 2.99. The molecule has 4 rings (SSSR count). The van der Waals surface area contributed by atoms with Crippen molar-refractivity contribution >= 4 is 5.97 Å². The minimum absolute atomic E-state index is 0.220. The van der Waals surface area contributed by atoms with E-state index >= 15 is 0 Å². The van der Waals surface area contributed by atoms with Gasteiger partial charge in [-0.15, -0.1) is 0 Å². The Morgan fingerprint density at radius 1 is 1.18 bits per heavy atom. The van der Waals surface area contributed by atoms with Crippen LogP contribution in [0, 0.1) is 45.8 Å². The molecule has 2 N–H and O–H groups in total. The molecule has 158 valence electrons. The molecule has 3 heteroatoms. The summed E-state index contributed by atoms with van der Waals surface area (Å²) in [6, 6.07) is 0. The predicted octanol–water partition coefficient (Wildman–Crippen LogP) is 6.59. The summed E-state index contributed by atoms with van der Waals surface area (Å²) in [6.45, 7) is 9.60. The van der Waals surface area contributed by atoms with Crippen LogP contribution in [0.15, 0.2) is 11.8 Å². The van der Waals surface area contributed by atoms with Crippen LogP contribution in [-0.2, 0) is 4.79 Å². The van der Waals surface area contributed by atoms with E-state index in [1.807, 2.05) is 6.08 Å². The van der Waals surface area contributed by atoms with Gasteiger partial charge in [-0.3, -0.25) is 4.79 Å². The Morgan fingerprint density at radius 2 is 1.93 bits per heavy atom. The molecule has 0 aromatic rings. The number of allylic oxidation sites excluding steroid dienone is 2. The number of rotatable bonds is 4. The standard InChI is InChI=1S/C25H40O3/c1-5-6-16(2)19-7-8-20-18-10-14-25(22(27)28)15-17(26)9-13-24(25,4)21(18)11-12-23(19,20)3/h9,16,18-21,26H,5-8,10-15H2,1-4H3,(H,27,28)/t16-,18+,19-,20+,21+,23-,24-,25?/m1/s1. The Labute approximate surface area is 171 Å². The van der Waals surface area contributed by atoms with Crippen LogP contribution in [0.25, 0.3) is 0 Å². The van der Waals surface area contributed by atoms with Gasteiger partial charge in [-0.1, -0.05) is 40.5 Å². The Balaban J connectivity index is 1.66. The van der Waals surface area contributed by atoms with Gasteiger partial charge in [0.1, 0.15) is 0 Å². The number of hydrogen-bond donors (Lipinski definition) is 2. The van der Waals surface area contributed by atoms with E-state index in [4.69, 9.17) is 0 Å². The molecule has 0 aromatic heterocycles. The van der Waals surface area contributed by atoms with Crippen LogP contribution in [0.4, 0.5) is 0 Å². The number of carboxylic acids is 1. The number of aliphatic carboxylic acids is 1. The van der Waals surface area contributed by atoms with Gasteiger partial charge in [-0.05, 0) is 91.4 Å². The fraction of sp³-hybridized carbons (Fsp3) is 0.880. The molecular formula is C25H40O3. The second-order valence-corrected chi connectivity index (χ2v) is 11.3. The molecule has 0 saturated heterocycles. The first-order valence-electron chi connectivity index (χ1n) is 11.8. The molecule has 0 aromatic carbocycles. The molecule has 1 unspecified atom stereocenters. The first-order valence-corrected chi connectivity index (χ1v) is 11.8. The van der Waals surface area contributed by atoms with E-state index in [1.165, 1.54) is 38.5 Å². The maximum absolute atomic E-state index is 12.5. The van der Waals surface area contributed by atoms with Crippen molar-refractivity contribution < 1.29 is 15.0 Å². The van der Waals surface area contributed by atoms with E-state index in [9.17, 15) is 15.0 Å². The lowest BCUT2D eigenvalue weighted by Crippen LogP contribution is -2.60. The zero-order valence-corrected chi connectivity index (χ0v) is 18.3. The molecular weight excluding hydrogens is 348 g/mol. The van der Waals surface area contributed by atoms with E-state index in [1.54, 1.807) is 0 Å². The van der Waals surface area contributed by atoms with Crippen molar-refractivity contribution in [3.05, 3.63) is 11.8 Å². The third kappa shape index (κ3) is 2.56. The van der Waals surface area contributed by atoms with E-state index in [-0.39, 0.29) is 5.41 Å². The smallest absolute Gasteiger partial charge is 0.310 e. The van der Waals surface area contributed by atoms with Gasteiger partial charge in [0.05, 0.1) is 11.2 Å². The summed E-state index contributed by atoms with van der Waals surface area (Å²) in [4.78, 5) is 12.5. The lowest BCUT2D eigenvalue weighted by molar-refractivity contribution is -0.186. The third-order valence-corrected chi connectivity index (χ3v) is 10.4. The van der Waals surface area contributed by atoms with Crippen LogP contribution in [0.1, 0.15) is 91.9 Å². The average molecular weight is 389 g/mol. The minimum atomic E-state index is -0.770. The van der Waals surface area contributed by atoms with Gasteiger partial charge in [0.15, 0.2) is 0 Å². The highest BCUT2D eigenvalue weighted by molar-refractivity contribution is 5.77. The fourth-order valence-corrected chi connectivity index (χ4v) is 8.94. The van der Waals surface area contributed by atoms with Gasteiger partial charge in [0.25, 0.3) is 0 Å². The zero-order valence-electron chi connectivity index (χ0n) is 18.3. The first-order chi connectivity index (χ1) is 13.2. The quantitative estimate of drug-likeness (QED) is 0.571. The number of aliphatic hydroxyl groups is 1. The van der Waals surface area contributed by atoms with Gasteiger partial charge in [0.2, 0.25) is 0 Å². The van der Waals surface area contributed by atoms with Crippen LogP contribution >= 0.6 is 0 Å². The van der Waals surface area contributed by atoms with E-state index in [0.717, 1.165) is 37.0 Å². The van der Waals surface area contributed by atoms with E-state index < -0.39 is 11.4 Å². The van der Waals surface area contributed by atoms with Crippen molar-refractivity contribution in [2.75, 3.05) is 0 Å². The van der Waals surface area contributed by atoms with Crippen molar-refractivity contribution in [3.8, 4) is 0 Å². The highest BCUT2D eigenvalue weighted by Gasteiger charge is 2.66. The number of aliphatic hydroxyl groups excluding tert-OH is 1. The molecule has 0 spiro atoms. The van der Waals surface area contributed by atoms with Crippen molar-refractivity contribution in [1.29, 1.82) is 0 Å². The molecule has 0 aliphatic heterocycles. The number of hydrogen-bond acceptors (Lipinski definition) is 2. The van der Waals surface area contributed by atoms with Crippen molar-refractivity contribution in [2.24, 2.45) is 45.8 Å². The maximum atomic E-state index is 12.5.